The van der Waals surface area contributed by atoms with E-state index in [0.29, 0.717) is 6.04 Å². The normalized spacial score (nSPS) is 20.7. The van der Waals surface area contributed by atoms with Crippen LogP contribution in [0, 0.1) is 0 Å². The quantitative estimate of drug-likeness (QED) is 0.892. The summed E-state index contributed by atoms with van der Waals surface area (Å²) in [5, 5.41) is 6.71. The minimum absolute atomic E-state index is 0.462. The number of nitrogens with zero attached hydrogens (tertiary/aromatic N) is 3. The second kappa shape index (κ2) is 6.33. The van der Waals surface area contributed by atoms with E-state index in [4.69, 9.17) is 0 Å². The number of aromatic nitrogens is 2. The predicted molar refractivity (Wildman–Crippen MR) is 78.0 cm³/mol. The number of likely N-dealkylation sites (tertiary alicyclic amines) is 1. The van der Waals surface area contributed by atoms with Crippen molar-refractivity contribution in [2.24, 2.45) is 0 Å². The Labute approximate surface area is 117 Å². The van der Waals surface area contributed by atoms with Gasteiger partial charge in [0.1, 0.15) is 22.4 Å². The highest BCUT2D eigenvalue weighted by Gasteiger charge is 2.19. The zero-order chi connectivity index (χ0) is 13.0. The molecule has 1 unspecified atom stereocenters. The summed E-state index contributed by atoms with van der Waals surface area (Å²) < 4.78 is 0.917. The maximum Gasteiger partial charge on any atom is 0.146 e. The number of rotatable bonds is 4. The smallest absolute Gasteiger partial charge is 0.146 e. The van der Waals surface area contributed by atoms with Gasteiger partial charge in [0.2, 0.25) is 0 Å². The monoisotopic (exact) mass is 313 g/mol. The van der Waals surface area contributed by atoms with E-state index in [1.165, 1.54) is 19.4 Å². The predicted octanol–water partition coefficient (Wildman–Crippen LogP) is 2.18. The molecule has 2 heterocycles. The summed E-state index contributed by atoms with van der Waals surface area (Å²) in [6, 6.07) is 0.462. The topological polar surface area (TPSA) is 53.1 Å². The first-order chi connectivity index (χ1) is 8.70. The van der Waals surface area contributed by atoms with E-state index in [1.807, 2.05) is 0 Å². The molecule has 6 heteroatoms. The molecule has 2 rings (SSSR count). The minimum Gasteiger partial charge on any atom is -0.369 e. The van der Waals surface area contributed by atoms with Gasteiger partial charge in [-0.3, -0.25) is 0 Å². The number of hydrogen-bond acceptors (Lipinski definition) is 5. The molecule has 0 saturated carbocycles. The van der Waals surface area contributed by atoms with Gasteiger partial charge in [0, 0.05) is 19.1 Å². The van der Waals surface area contributed by atoms with Crippen molar-refractivity contribution in [3.63, 3.8) is 0 Å². The fraction of sp³-hybridized carbons (Fsp3) is 0.667. The standard InChI is InChI=1S/C12H20BrN5/c1-3-14-11-10(13)12(16-8-15-11)17-9-5-4-6-18(2)7-9/h8-9H,3-7H2,1-2H3,(H2,14,15,16,17). The van der Waals surface area contributed by atoms with Crippen LogP contribution in [-0.4, -0.2) is 47.6 Å². The van der Waals surface area contributed by atoms with Crippen LogP contribution in [-0.2, 0) is 0 Å². The van der Waals surface area contributed by atoms with E-state index in [1.54, 1.807) is 6.33 Å². The van der Waals surface area contributed by atoms with Crippen molar-refractivity contribution in [3.8, 4) is 0 Å². The molecule has 1 aromatic heterocycles. The van der Waals surface area contributed by atoms with Crippen LogP contribution in [0.25, 0.3) is 0 Å². The van der Waals surface area contributed by atoms with Crippen molar-refractivity contribution in [1.82, 2.24) is 14.9 Å². The molecule has 2 N–H and O–H groups in total. The van der Waals surface area contributed by atoms with Crippen LogP contribution in [0.5, 0.6) is 0 Å². The molecular weight excluding hydrogens is 294 g/mol. The second-order valence-corrected chi connectivity index (χ2v) is 5.45. The van der Waals surface area contributed by atoms with Crippen LogP contribution in [0.1, 0.15) is 19.8 Å². The lowest BCUT2D eigenvalue weighted by Gasteiger charge is -2.30. The molecule has 18 heavy (non-hydrogen) atoms. The Kier molecular flexibility index (Phi) is 4.77. The van der Waals surface area contributed by atoms with Gasteiger partial charge in [-0.05, 0) is 49.3 Å². The van der Waals surface area contributed by atoms with Crippen molar-refractivity contribution >= 4 is 27.6 Å². The van der Waals surface area contributed by atoms with Crippen LogP contribution in [0.4, 0.5) is 11.6 Å². The van der Waals surface area contributed by atoms with Gasteiger partial charge in [-0.2, -0.15) is 0 Å². The number of likely N-dealkylation sites (N-methyl/N-ethyl adjacent to an activating group) is 1. The highest BCUT2D eigenvalue weighted by molar-refractivity contribution is 9.10. The molecule has 100 valence electrons. The molecule has 0 amide bonds. The van der Waals surface area contributed by atoms with Crippen LogP contribution in [0.15, 0.2) is 10.8 Å². The summed E-state index contributed by atoms with van der Waals surface area (Å²) >= 11 is 3.56. The Morgan fingerprint density at radius 2 is 2.22 bits per heavy atom. The van der Waals surface area contributed by atoms with E-state index in [2.05, 4.69) is 55.4 Å². The molecule has 1 atom stereocenters. The van der Waals surface area contributed by atoms with Gasteiger partial charge in [-0.25, -0.2) is 9.97 Å². The minimum atomic E-state index is 0.462. The molecule has 1 aliphatic heterocycles. The van der Waals surface area contributed by atoms with E-state index in [0.717, 1.165) is 29.2 Å². The Hall–Kier alpha value is -0.880. The third-order valence-corrected chi connectivity index (χ3v) is 3.85. The van der Waals surface area contributed by atoms with Gasteiger partial charge in [-0.1, -0.05) is 0 Å². The lowest BCUT2D eigenvalue weighted by atomic mass is 10.1. The van der Waals surface area contributed by atoms with Gasteiger partial charge in [0.05, 0.1) is 0 Å². The molecule has 1 aliphatic rings. The number of halogens is 1. The average molecular weight is 314 g/mol. The molecule has 0 aliphatic carbocycles. The van der Waals surface area contributed by atoms with E-state index >= 15 is 0 Å². The fourth-order valence-corrected chi connectivity index (χ4v) is 2.70. The molecule has 1 aromatic rings. The number of piperidine rings is 1. The number of anilines is 2. The maximum absolute atomic E-state index is 4.31. The van der Waals surface area contributed by atoms with Crippen molar-refractivity contribution in [1.29, 1.82) is 0 Å². The fourth-order valence-electron chi connectivity index (χ4n) is 2.24. The van der Waals surface area contributed by atoms with Crippen LogP contribution < -0.4 is 10.6 Å². The maximum atomic E-state index is 4.31. The zero-order valence-electron chi connectivity index (χ0n) is 10.9. The molecule has 1 saturated heterocycles. The Morgan fingerprint density at radius 3 is 2.94 bits per heavy atom. The molecular formula is C12H20BrN5. The summed E-state index contributed by atoms with van der Waals surface area (Å²) in [5.41, 5.74) is 0. The SMILES string of the molecule is CCNc1ncnc(NC2CCCN(C)C2)c1Br. The summed E-state index contributed by atoms with van der Waals surface area (Å²) in [4.78, 5) is 10.9. The number of hydrogen-bond donors (Lipinski definition) is 2. The molecule has 0 aromatic carbocycles. The molecule has 0 bridgehead atoms. The lowest BCUT2D eigenvalue weighted by molar-refractivity contribution is 0.260. The first kappa shape index (κ1) is 13.5. The first-order valence-electron chi connectivity index (χ1n) is 6.40. The molecule has 5 nitrogen and oxygen atoms in total. The van der Waals surface area contributed by atoms with Gasteiger partial charge in [0.25, 0.3) is 0 Å². The summed E-state index contributed by atoms with van der Waals surface area (Å²) in [6.45, 7) is 5.15. The molecule has 0 spiro atoms. The van der Waals surface area contributed by atoms with Crippen LogP contribution >= 0.6 is 15.9 Å². The van der Waals surface area contributed by atoms with Gasteiger partial charge < -0.3 is 15.5 Å². The average Bonchev–Trinajstić information content (AvgIpc) is 2.35. The molecule has 1 fully saturated rings. The third-order valence-electron chi connectivity index (χ3n) is 3.10. The highest BCUT2D eigenvalue weighted by atomic mass is 79.9. The van der Waals surface area contributed by atoms with E-state index in [9.17, 15) is 0 Å². The van der Waals surface area contributed by atoms with Crippen molar-refractivity contribution in [2.45, 2.75) is 25.8 Å². The largest absolute Gasteiger partial charge is 0.369 e. The Balaban J connectivity index is 2.06. The Morgan fingerprint density at radius 1 is 1.44 bits per heavy atom. The first-order valence-corrected chi connectivity index (χ1v) is 7.19. The van der Waals surface area contributed by atoms with Gasteiger partial charge in [-0.15, -0.1) is 0 Å². The third kappa shape index (κ3) is 3.32. The summed E-state index contributed by atoms with van der Waals surface area (Å²) in [7, 11) is 2.16. The highest BCUT2D eigenvalue weighted by Crippen LogP contribution is 2.27. The van der Waals surface area contributed by atoms with Crippen LogP contribution in [0.3, 0.4) is 0 Å². The van der Waals surface area contributed by atoms with Gasteiger partial charge >= 0.3 is 0 Å². The second-order valence-electron chi connectivity index (χ2n) is 4.66. The van der Waals surface area contributed by atoms with E-state index in [-0.39, 0.29) is 0 Å². The molecule has 0 radical (unpaired) electrons. The van der Waals surface area contributed by atoms with E-state index < -0.39 is 0 Å². The van der Waals surface area contributed by atoms with Crippen molar-refractivity contribution in [3.05, 3.63) is 10.8 Å². The van der Waals surface area contributed by atoms with Crippen molar-refractivity contribution in [2.75, 3.05) is 37.3 Å². The van der Waals surface area contributed by atoms with Gasteiger partial charge in [0.15, 0.2) is 0 Å². The van der Waals surface area contributed by atoms with Crippen molar-refractivity contribution < 1.29 is 0 Å². The Bertz CT molecular complexity index is 398. The summed E-state index contributed by atoms with van der Waals surface area (Å²) in [5.74, 6) is 1.72. The summed E-state index contributed by atoms with van der Waals surface area (Å²) in [6.07, 6.45) is 4.02. The number of nitrogens with one attached hydrogen (secondary N) is 2. The van der Waals surface area contributed by atoms with Crippen LogP contribution in [0.2, 0.25) is 0 Å². The lowest BCUT2D eigenvalue weighted by Crippen LogP contribution is -2.40. The zero-order valence-corrected chi connectivity index (χ0v) is 12.5.